The summed E-state index contributed by atoms with van der Waals surface area (Å²) in [5, 5.41) is 9.33. The van der Waals surface area contributed by atoms with Gasteiger partial charge >= 0.3 is 0 Å². The third kappa shape index (κ3) is 4.73. The molecular weight excluding hydrogens is 370 g/mol. The van der Waals surface area contributed by atoms with Gasteiger partial charge in [0.25, 0.3) is 0 Å². The molecule has 8 heteroatoms. The molecule has 0 spiro atoms. The number of hydrogen-bond acceptors (Lipinski definition) is 7. The molecule has 1 aromatic heterocycles. The fourth-order valence-electron chi connectivity index (χ4n) is 2.99. The molecule has 4 rings (SSSR count). The fourth-order valence-corrected chi connectivity index (χ4v) is 2.99. The van der Waals surface area contributed by atoms with Gasteiger partial charge in [0.2, 0.25) is 12.7 Å². The maximum Gasteiger partial charge on any atom is 0.231 e. The van der Waals surface area contributed by atoms with Crippen molar-refractivity contribution in [2.75, 3.05) is 22.7 Å². The number of fused-ring (bicyclic) bond motifs is 1. The van der Waals surface area contributed by atoms with Gasteiger partial charge in [-0.2, -0.15) is 0 Å². The minimum atomic E-state index is -0.116. The van der Waals surface area contributed by atoms with Crippen LogP contribution in [-0.4, -0.2) is 22.7 Å². The van der Waals surface area contributed by atoms with Crippen molar-refractivity contribution in [2.45, 2.75) is 20.4 Å². The van der Waals surface area contributed by atoms with E-state index in [2.05, 4.69) is 25.9 Å². The quantitative estimate of drug-likeness (QED) is 0.587. The van der Waals surface area contributed by atoms with Gasteiger partial charge in [-0.25, -0.2) is 9.97 Å². The van der Waals surface area contributed by atoms with E-state index in [1.54, 1.807) is 0 Å². The lowest BCUT2D eigenvalue weighted by molar-refractivity contribution is -0.114. The average molecular weight is 391 g/mol. The van der Waals surface area contributed by atoms with Crippen molar-refractivity contribution in [3.05, 3.63) is 59.9 Å². The first kappa shape index (κ1) is 18.5. The van der Waals surface area contributed by atoms with Crippen molar-refractivity contribution >= 4 is 28.9 Å². The molecule has 0 saturated carbocycles. The first-order valence-corrected chi connectivity index (χ1v) is 9.18. The van der Waals surface area contributed by atoms with Crippen LogP contribution in [0.15, 0.2) is 48.5 Å². The Morgan fingerprint density at radius 3 is 2.66 bits per heavy atom. The highest BCUT2D eigenvalue weighted by atomic mass is 16.7. The molecule has 0 radical (unpaired) electrons. The summed E-state index contributed by atoms with van der Waals surface area (Å²) in [5.74, 6) is 3.40. The Morgan fingerprint density at radius 2 is 1.79 bits per heavy atom. The van der Waals surface area contributed by atoms with Gasteiger partial charge in [0.1, 0.15) is 17.5 Å². The van der Waals surface area contributed by atoms with Crippen LogP contribution in [0.4, 0.5) is 23.0 Å². The summed E-state index contributed by atoms with van der Waals surface area (Å²) in [6.07, 6.45) is 0. The van der Waals surface area contributed by atoms with Crippen LogP contribution < -0.4 is 25.4 Å². The number of nitrogens with zero attached hydrogens (tertiary/aromatic N) is 2. The number of aryl methyl sites for hydroxylation is 1. The standard InChI is InChI=1S/C21H21N5O3/c1-13-23-20(22-11-15-6-7-18-19(8-15)29-12-28-18)10-21(24-13)26-17-5-3-4-16(9-17)25-14(2)27/h3-10H,11-12H2,1-2H3,(H,25,27)(H2,22,23,24,26). The average Bonchev–Trinajstić information content (AvgIpc) is 3.13. The van der Waals surface area contributed by atoms with Crippen LogP contribution in [0.1, 0.15) is 18.3 Å². The number of ether oxygens (including phenoxy) is 2. The third-order valence-corrected chi connectivity index (χ3v) is 4.20. The Labute approximate surface area is 168 Å². The Morgan fingerprint density at radius 1 is 1.00 bits per heavy atom. The molecule has 0 atom stereocenters. The van der Waals surface area contributed by atoms with E-state index in [9.17, 15) is 4.79 Å². The second-order valence-corrected chi connectivity index (χ2v) is 6.61. The van der Waals surface area contributed by atoms with Crippen LogP contribution in [-0.2, 0) is 11.3 Å². The number of benzene rings is 2. The SMILES string of the molecule is CC(=O)Nc1cccc(Nc2cc(NCc3ccc4c(c3)OCO4)nc(C)n2)c1. The van der Waals surface area contributed by atoms with Crippen LogP contribution >= 0.6 is 0 Å². The minimum Gasteiger partial charge on any atom is -0.454 e. The van der Waals surface area contributed by atoms with Crippen LogP contribution in [0, 0.1) is 6.92 Å². The van der Waals surface area contributed by atoms with E-state index in [0.29, 0.717) is 24.0 Å². The van der Waals surface area contributed by atoms with Gasteiger partial charge in [-0.15, -0.1) is 0 Å². The molecule has 1 amide bonds. The predicted molar refractivity (Wildman–Crippen MR) is 111 cm³/mol. The zero-order valence-electron chi connectivity index (χ0n) is 16.2. The van der Waals surface area contributed by atoms with Crippen molar-refractivity contribution in [3.63, 3.8) is 0 Å². The second-order valence-electron chi connectivity index (χ2n) is 6.61. The molecule has 29 heavy (non-hydrogen) atoms. The molecule has 8 nitrogen and oxygen atoms in total. The maximum absolute atomic E-state index is 11.2. The summed E-state index contributed by atoms with van der Waals surface area (Å²) in [5.41, 5.74) is 2.59. The summed E-state index contributed by atoms with van der Waals surface area (Å²) < 4.78 is 10.8. The first-order chi connectivity index (χ1) is 14.0. The number of carbonyl (C=O) groups excluding carboxylic acids is 1. The van der Waals surface area contributed by atoms with E-state index < -0.39 is 0 Å². The molecular formula is C21H21N5O3. The van der Waals surface area contributed by atoms with Gasteiger partial charge in [-0.05, 0) is 42.8 Å². The first-order valence-electron chi connectivity index (χ1n) is 9.18. The molecule has 3 aromatic rings. The number of anilines is 4. The minimum absolute atomic E-state index is 0.116. The van der Waals surface area contributed by atoms with Crippen molar-refractivity contribution in [1.82, 2.24) is 9.97 Å². The summed E-state index contributed by atoms with van der Waals surface area (Å²) in [6, 6.07) is 15.1. The number of carbonyl (C=O) groups is 1. The van der Waals surface area contributed by atoms with Crippen molar-refractivity contribution < 1.29 is 14.3 Å². The number of rotatable bonds is 6. The van der Waals surface area contributed by atoms with Crippen molar-refractivity contribution in [3.8, 4) is 11.5 Å². The molecule has 148 valence electrons. The van der Waals surface area contributed by atoms with Crippen LogP contribution in [0.5, 0.6) is 11.5 Å². The van der Waals surface area contributed by atoms with E-state index >= 15 is 0 Å². The largest absolute Gasteiger partial charge is 0.454 e. The Bertz CT molecular complexity index is 1050. The highest BCUT2D eigenvalue weighted by Gasteiger charge is 2.13. The summed E-state index contributed by atoms with van der Waals surface area (Å²) >= 11 is 0. The Hall–Kier alpha value is -3.81. The molecule has 0 aliphatic carbocycles. The van der Waals surface area contributed by atoms with Crippen molar-refractivity contribution in [1.29, 1.82) is 0 Å². The van der Waals surface area contributed by atoms with Gasteiger partial charge in [-0.3, -0.25) is 4.79 Å². The van der Waals surface area contributed by atoms with E-state index in [-0.39, 0.29) is 12.7 Å². The van der Waals surface area contributed by atoms with E-state index in [0.717, 1.165) is 28.4 Å². The second kappa shape index (κ2) is 8.05. The van der Waals surface area contributed by atoms with Crippen LogP contribution in [0.3, 0.4) is 0 Å². The molecule has 2 heterocycles. The van der Waals surface area contributed by atoms with Crippen molar-refractivity contribution in [2.24, 2.45) is 0 Å². The highest BCUT2D eigenvalue weighted by molar-refractivity contribution is 5.89. The zero-order chi connectivity index (χ0) is 20.2. The Balaban J connectivity index is 1.45. The number of aromatic nitrogens is 2. The van der Waals surface area contributed by atoms with Crippen LogP contribution in [0.25, 0.3) is 0 Å². The van der Waals surface area contributed by atoms with E-state index in [1.807, 2.05) is 55.5 Å². The predicted octanol–water partition coefficient (Wildman–Crippen LogP) is 3.83. The molecule has 0 unspecified atom stereocenters. The van der Waals surface area contributed by atoms with Gasteiger partial charge in [0.15, 0.2) is 11.5 Å². The molecule has 1 aliphatic heterocycles. The summed E-state index contributed by atoms with van der Waals surface area (Å²) in [7, 11) is 0. The zero-order valence-corrected chi connectivity index (χ0v) is 16.2. The fraction of sp³-hybridized carbons (Fsp3) is 0.190. The lowest BCUT2D eigenvalue weighted by Gasteiger charge is -2.11. The number of amides is 1. The van der Waals surface area contributed by atoms with Gasteiger partial charge in [0.05, 0.1) is 0 Å². The summed E-state index contributed by atoms with van der Waals surface area (Å²) in [4.78, 5) is 20.1. The van der Waals surface area contributed by atoms with E-state index in [1.165, 1.54) is 6.92 Å². The molecule has 1 aliphatic rings. The third-order valence-electron chi connectivity index (χ3n) is 4.20. The molecule has 2 aromatic carbocycles. The molecule has 0 fully saturated rings. The number of nitrogens with one attached hydrogen (secondary N) is 3. The molecule has 3 N–H and O–H groups in total. The molecule has 0 bridgehead atoms. The smallest absolute Gasteiger partial charge is 0.231 e. The van der Waals surface area contributed by atoms with Crippen LogP contribution in [0.2, 0.25) is 0 Å². The summed E-state index contributed by atoms with van der Waals surface area (Å²) in [6.45, 7) is 4.16. The van der Waals surface area contributed by atoms with Gasteiger partial charge in [0, 0.05) is 30.9 Å². The topological polar surface area (TPSA) is 97.4 Å². The van der Waals surface area contributed by atoms with E-state index in [4.69, 9.17) is 9.47 Å². The monoisotopic (exact) mass is 391 g/mol. The maximum atomic E-state index is 11.2. The van der Waals surface area contributed by atoms with Gasteiger partial charge < -0.3 is 25.4 Å². The van der Waals surface area contributed by atoms with Gasteiger partial charge in [-0.1, -0.05) is 12.1 Å². The lowest BCUT2D eigenvalue weighted by Crippen LogP contribution is -2.06. The molecule has 0 saturated heterocycles. The number of hydrogen-bond donors (Lipinski definition) is 3. The normalized spacial score (nSPS) is 11.8. The highest BCUT2D eigenvalue weighted by Crippen LogP contribution is 2.32. The Kier molecular flexibility index (Phi) is 5.15. The lowest BCUT2D eigenvalue weighted by atomic mass is 10.2.